The van der Waals surface area contributed by atoms with Gasteiger partial charge in [-0.25, -0.2) is 4.98 Å². The van der Waals surface area contributed by atoms with Crippen molar-refractivity contribution in [2.45, 2.75) is 38.3 Å². The van der Waals surface area contributed by atoms with E-state index in [0.29, 0.717) is 41.0 Å². The van der Waals surface area contributed by atoms with Crippen molar-refractivity contribution in [1.82, 2.24) is 15.3 Å². The molecule has 2 N–H and O–H groups in total. The van der Waals surface area contributed by atoms with Crippen LogP contribution in [0.4, 0.5) is 11.8 Å². The molecule has 1 saturated carbocycles. The van der Waals surface area contributed by atoms with E-state index in [9.17, 15) is 4.79 Å². The summed E-state index contributed by atoms with van der Waals surface area (Å²) in [5.41, 5.74) is 2.18. The first kappa shape index (κ1) is 25.2. The third-order valence-corrected chi connectivity index (χ3v) is 7.85. The summed E-state index contributed by atoms with van der Waals surface area (Å²) in [4.78, 5) is 24.5. The highest BCUT2D eigenvalue weighted by Gasteiger charge is 2.22. The minimum atomic E-state index is 0.00568. The Balaban J connectivity index is 1.16. The molecule has 2 aromatic carbocycles. The van der Waals surface area contributed by atoms with Crippen molar-refractivity contribution in [2.75, 3.05) is 30.9 Å². The molecule has 0 amide bonds. The lowest BCUT2D eigenvalue weighted by Crippen LogP contribution is -2.32. The molecule has 188 valence electrons. The van der Waals surface area contributed by atoms with Gasteiger partial charge >= 0.3 is 0 Å². The number of halogens is 2. The minimum absolute atomic E-state index is 0.00568. The van der Waals surface area contributed by atoms with Crippen LogP contribution >= 0.6 is 31.9 Å². The fourth-order valence-corrected chi connectivity index (χ4v) is 6.22. The van der Waals surface area contributed by atoms with E-state index in [0.717, 1.165) is 57.9 Å². The second-order valence-electron chi connectivity index (χ2n) is 9.63. The topological polar surface area (TPSA) is 83.3 Å². The van der Waals surface area contributed by atoms with Crippen molar-refractivity contribution in [3.8, 4) is 0 Å². The molecule has 9 heteroatoms. The van der Waals surface area contributed by atoms with Crippen LogP contribution in [0.1, 0.15) is 31.2 Å². The average molecular weight is 615 g/mol. The summed E-state index contributed by atoms with van der Waals surface area (Å²) in [7, 11) is 4.02. The number of hydrogen-bond acceptors (Lipinski definition) is 7. The lowest BCUT2D eigenvalue weighted by Gasteiger charge is -2.29. The monoisotopic (exact) mass is 613 g/mol. The Bertz CT molecular complexity index is 1450. The standard InChI is InChI=1S/C27H29Br2N5O2/c1-34(2)26-20-5-3-4-6-23(20)32-27(33-26)31-19-9-7-16(8-10-19)13-30-14-17-15-36-25-21(24(17)35)11-18(28)12-22(25)29/h3-6,11-12,15-16,19,30H,7-10,13-14H2,1-2H3,(H,31,32,33)/t16-,19+. The Kier molecular flexibility index (Phi) is 7.60. The van der Waals surface area contributed by atoms with Crippen LogP contribution in [0.2, 0.25) is 0 Å². The molecule has 0 radical (unpaired) electrons. The maximum atomic E-state index is 12.9. The molecule has 36 heavy (non-hydrogen) atoms. The molecule has 4 aromatic rings. The summed E-state index contributed by atoms with van der Waals surface area (Å²) in [5, 5.41) is 8.69. The van der Waals surface area contributed by atoms with Gasteiger partial charge in [0.1, 0.15) is 5.82 Å². The van der Waals surface area contributed by atoms with E-state index in [1.165, 1.54) is 0 Å². The van der Waals surface area contributed by atoms with Gasteiger partial charge in [-0.3, -0.25) is 4.79 Å². The van der Waals surface area contributed by atoms with E-state index in [2.05, 4.69) is 48.6 Å². The lowest BCUT2D eigenvalue weighted by molar-refractivity contribution is 0.323. The Hall–Kier alpha value is -2.49. The molecule has 0 atom stereocenters. The molecule has 7 nitrogen and oxygen atoms in total. The second-order valence-corrected chi connectivity index (χ2v) is 11.4. The number of nitrogens with one attached hydrogen (secondary N) is 2. The summed E-state index contributed by atoms with van der Waals surface area (Å²) in [6, 6.07) is 12.2. The van der Waals surface area contributed by atoms with Crippen LogP contribution in [0.5, 0.6) is 0 Å². The van der Waals surface area contributed by atoms with Gasteiger partial charge in [0.15, 0.2) is 11.0 Å². The van der Waals surface area contributed by atoms with Gasteiger partial charge in [0.2, 0.25) is 5.95 Å². The van der Waals surface area contributed by atoms with Crippen molar-refractivity contribution in [1.29, 1.82) is 0 Å². The fraction of sp³-hybridized carbons (Fsp3) is 0.370. The molecular formula is C27H29Br2N5O2. The molecule has 0 spiro atoms. The van der Waals surface area contributed by atoms with Gasteiger partial charge in [-0.1, -0.05) is 28.1 Å². The fourth-order valence-electron chi connectivity index (χ4n) is 4.90. The van der Waals surface area contributed by atoms with Crippen molar-refractivity contribution in [2.24, 2.45) is 5.92 Å². The normalized spacial score (nSPS) is 18.0. The van der Waals surface area contributed by atoms with Crippen molar-refractivity contribution >= 4 is 65.5 Å². The highest BCUT2D eigenvalue weighted by Crippen LogP contribution is 2.29. The molecule has 1 fully saturated rings. The van der Waals surface area contributed by atoms with Crippen LogP contribution in [0.15, 0.2) is 60.8 Å². The van der Waals surface area contributed by atoms with Gasteiger partial charge in [0.25, 0.3) is 0 Å². The lowest BCUT2D eigenvalue weighted by atomic mass is 9.86. The minimum Gasteiger partial charge on any atom is -0.463 e. The Morgan fingerprint density at radius 3 is 2.61 bits per heavy atom. The molecule has 0 saturated heterocycles. The van der Waals surface area contributed by atoms with Gasteiger partial charge in [-0.15, -0.1) is 0 Å². The van der Waals surface area contributed by atoms with Crippen LogP contribution in [-0.2, 0) is 6.54 Å². The first-order valence-corrected chi connectivity index (χ1v) is 13.8. The van der Waals surface area contributed by atoms with Gasteiger partial charge < -0.3 is 20.0 Å². The number of para-hydroxylation sites is 1. The predicted molar refractivity (Wildman–Crippen MR) is 153 cm³/mol. The van der Waals surface area contributed by atoms with Gasteiger partial charge in [-0.2, -0.15) is 4.98 Å². The smallest absolute Gasteiger partial charge is 0.225 e. The Morgan fingerprint density at radius 1 is 1.06 bits per heavy atom. The summed E-state index contributed by atoms with van der Waals surface area (Å²) in [6.07, 6.45) is 5.94. The predicted octanol–water partition coefficient (Wildman–Crippen LogP) is 6.09. The van der Waals surface area contributed by atoms with Crippen LogP contribution in [-0.4, -0.2) is 36.6 Å². The van der Waals surface area contributed by atoms with Crippen molar-refractivity contribution in [3.63, 3.8) is 0 Å². The highest BCUT2D eigenvalue weighted by atomic mass is 79.9. The molecule has 5 rings (SSSR count). The van der Waals surface area contributed by atoms with Crippen LogP contribution in [0.25, 0.3) is 21.9 Å². The number of benzene rings is 2. The maximum Gasteiger partial charge on any atom is 0.225 e. The van der Waals surface area contributed by atoms with E-state index < -0.39 is 0 Å². The van der Waals surface area contributed by atoms with E-state index in [4.69, 9.17) is 14.4 Å². The summed E-state index contributed by atoms with van der Waals surface area (Å²) in [6.45, 7) is 1.38. The van der Waals surface area contributed by atoms with Crippen LogP contribution < -0.4 is 21.0 Å². The molecule has 0 bridgehead atoms. The summed E-state index contributed by atoms with van der Waals surface area (Å²) >= 11 is 6.91. The molecule has 0 unspecified atom stereocenters. The number of rotatable bonds is 7. The summed E-state index contributed by atoms with van der Waals surface area (Å²) < 4.78 is 7.35. The average Bonchev–Trinajstić information content (AvgIpc) is 2.86. The van der Waals surface area contributed by atoms with E-state index in [-0.39, 0.29) is 5.43 Å². The number of aromatic nitrogens is 2. The summed E-state index contributed by atoms with van der Waals surface area (Å²) in [5.74, 6) is 2.20. The Labute approximate surface area is 226 Å². The largest absolute Gasteiger partial charge is 0.463 e. The molecule has 0 aliphatic heterocycles. The molecule has 1 aliphatic carbocycles. The van der Waals surface area contributed by atoms with E-state index >= 15 is 0 Å². The van der Waals surface area contributed by atoms with Gasteiger partial charge in [0.05, 0.1) is 21.6 Å². The van der Waals surface area contributed by atoms with Gasteiger partial charge in [0, 0.05) is 42.1 Å². The molecular weight excluding hydrogens is 586 g/mol. The first-order valence-electron chi connectivity index (χ1n) is 12.2. The quantitative estimate of drug-likeness (QED) is 0.261. The zero-order valence-electron chi connectivity index (χ0n) is 20.4. The number of anilines is 2. The third-order valence-electron chi connectivity index (χ3n) is 6.80. The molecule has 2 heterocycles. The highest BCUT2D eigenvalue weighted by molar-refractivity contribution is 9.11. The van der Waals surface area contributed by atoms with Crippen molar-refractivity contribution in [3.05, 3.63) is 67.4 Å². The Morgan fingerprint density at radius 2 is 1.83 bits per heavy atom. The zero-order valence-corrected chi connectivity index (χ0v) is 23.5. The first-order chi connectivity index (χ1) is 17.4. The molecule has 1 aliphatic rings. The van der Waals surface area contributed by atoms with E-state index in [1.54, 1.807) is 6.26 Å². The molecule has 2 aromatic heterocycles. The van der Waals surface area contributed by atoms with Gasteiger partial charge in [-0.05, 0) is 78.3 Å². The maximum absolute atomic E-state index is 12.9. The van der Waals surface area contributed by atoms with Crippen molar-refractivity contribution < 1.29 is 4.42 Å². The third kappa shape index (κ3) is 5.43. The SMILES string of the molecule is CN(C)c1nc(N[C@H]2CC[C@@H](CNCc3coc4c(Br)cc(Br)cc4c3=O)CC2)nc2ccccc12. The second kappa shape index (κ2) is 10.9. The zero-order chi connectivity index (χ0) is 25.2. The number of fused-ring (bicyclic) bond motifs is 2. The number of nitrogens with zero attached hydrogens (tertiary/aromatic N) is 3. The van der Waals surface area contributed by atoms with Crippen LogP contribution in [0, 0.1) is 5.92 Å². The number of hydrogen-bond donors (Lipinski definition) is 2. The van der Waals surface area contributed by atoms with E-state index in [1.807, 2.05) is 49.3 Å². The van der Waals surface area contributed by atoms with Crippen LogP contribution in [0.3, 0.4) is 0 Å².